The summed E-state index contributed by atoms with van der Waals surface area (Å²) in [4.78, 5) is 4.82. The van der Waals surface area contributed by atoms with Crippen LogP contribution in [0.3, 0.4) is 0 Å². The largest absolute Gasteiger partial charge is 0.354 e. The SMILES string of the molecule is Cc1nnc(CN=C(NC2CCCC(C)C2)NC(C)c2ccccc2)n1C.I. The molecule has 1 aromatic heterocycles. The molecule has 0 bridgehead atoms. The average Bonchev–Trinajstić information content (AvgIpc) is 2.99. The lowest BCUT2D eigenvalue weighted by atomic mass is 9.87. The van der Waals surface area contributed by atoms with E-state index >= 15 is 0 Å². The Hall–Kier alpha value is -1.64. The number of aromatic nitrogens is 3. The Morgan fingerprint density at radius 1 is 1.25 bits per heavy atom. The Morgan fingerprint density at radius 2 is 2.00 bits per heavy atom. The van der Waals surface area contributed by atoms with Crippen LogP contribution in [-0.2, 0) is 13.6 Å². The number of hydrogen-bond donors (Lipinski definition) is 2. The summed E-state index contributed by atoms with van der Waals surface area (Å²) in [7, 11) is 1.98. The van der Waals surface area contributed by atoms with Gasteiger partial charge < -0.3 is 15.2 Å². The number of guanidine groups is 1. The molecule has 0 saturated heterocycles. The molecule has 3 unspecified atom stereocenters. The van der Waals surface area contributed by atoms with Gasteiger partial charge in [0.25, 0.3) is 0 Å². The molecule has 3 atom stereocenters. The molecule has 2 aromatic rings. The van der Waals surface area contributed by atoms with Crippen molar-refractivity contribution in [1.82, 2.24) is 25.4 Å². The van der Waals surface area contributed by atoms with E-state index in [0.29, 0.717) is 12.6 Å². The molecule has 1 fully saturated rings. The standard InChI is InChI=1S/C21H32N6.HI/c1-15-9-8-12-19(13-15)24-21(22-14-20-26-25-17(3)27(20)4)23-16(2)18-10-6-5-7-11-18;/h5-7,10-11,15-16,19H,8-9,12-14H2,1-4H3,(H2,22,23,24);1H. The highest BCUT2D eigenvalue weighted by Crippen LogP contribution is 2.23. The van der Waals surface area contributed by atoms with E-state index in [4.69, 9.17) is 4.99 Å². The van der Waals surface area contributed by atoms with Crippen molar-refractivity contribution in [3.8, 4) is 0 Å². The first-order valence-electron chi connectivity index (χ1n) is 10.00. The second kappa shape index (κ2) is 10.8. The number of benzene rings is 1. The van der Waals surface area contributed by atoms with Gasteiger partial charge in [-0.25, -0.2) is 4.99 Å². The van der Waals surface area contributed by atoms with Crippen LogP contribution in [0.25, 0.3) is 0 Å². The van der Waals surface area contributed by atoms with Gasteiger partial charge in [-0.15, -0.1) is 34.2 Å². The Bertz CT molecular complexity index is 758. The lowest BCUT2D eigenvalue weighted by molar-refractivity contribution is 0.323. The van der Waals surface area contributed by atoms with E-state index in [0.717, 1.165) is 23.5 Å². The van der Waals surface area contributed by atoms with Gasteiger partial charge in [0, 0.05) is 13.1 Å². The van der Waals surface area contributed by atoms with E-state index in [1.165, 1.54) is 31.2 Å². The topological polar surface area (TPSA) is 67.1 Å². The van der Waals surface area contributed by atoms with Crippen LogP contribution in [0.4, 0.5) is 0 Å². The van der Waals surface area contributed by atoms with Crippen LogP contribution in [0.15, 0.2) is 35.3 Å². The molecule has 1 heterocycles. The summed E-state index contributed by atoms with van der Waals surface area (Å²) in [6.45, 7) is 6.98. The van der Waals surface area contributed by atoms with E-state index in [1.807, 2.05) is 24.6 Å². The Morgan fingerprint density at radius 3 is 2.64 bits per heavy atom. The Kier molecular flexibility index (Phi) is 8.72. The molecule has 6 nitrogen and oxygen atoms in total. The average molecular weight is 496 g/mol. The minimum atomic E-state index is 0. The van der Waals surface area contributed by atoms with Crippen LogP contribution >= 0.6 is 24.0 Å². The first-order chi connectivity index (χ1) is 13.0. The second-order valence-corrected chi connectivity index (χ2v) is 7.78. The molecule has 3 rings (SSSR count). The second-order valence-electron chi connectivity index (χ2n) is 7.78. The van der Waals surface area contributed by atoms with Crippen molar-refractivity contribution in [2.24, 2.45) is 18.0 Å². The highest BCUT2D eigenvalue weighted by Gasteiger charge is 2.20. The predicted molar refractivity (Wildman–Crippen MR) is 125 cm³/mol. The molecule has 0 aliphatic heterocycles. The van der Waals surface area contributed by atoms with Crippen LogP contribution in [0.1, 0.15) is 62.8 Å². The van der Waals surface area contributed by atoms with Gasteiger partial charge in [-0.3, -0.25) is 0 Å². The molecule has 0 amide bonds. The lowest BCUT2D eigenvalue weighted by Crippen LogP contribution is -2.46. The molecule has 28 heavy (non-hydrogen) atoms. The van der Waals surface area contributed by atoms with Gasteiger partial charge in [-0.2, -0.15) is 0 Å². The molecule has 1 saturated carbocycles. The third kappa shape index (κ3) is 6.18. The van der Waals surface area contributed by atoms with Gasteiger partial charge in [-0.1, -0.05) is 50.1 Å². The van der Waals surface area contributed by atoms with Crippen molar-refractivity contribution < 1.29 is 0 Å². The predicted octanol–water partition coefficient (Wildman–Crippen LogP) is 4.12. The normalized spacial score (nSPS) is 20.9. The van der Waals surface area contributed by atoms with Gasteiger partial charge in [0.2, 0.25) is 0 Å². The smallest absolute Gasteiger partial charge is 0.192 e. The number of aliphatic imine (C=N–C) groups is 1. The highest BCUT2D eigenvalue weighted by molar-refractivity contribution is 14.0. The summed E-state index contributed by atoms with van der Waals surface area (Å²) in [6.07, 6.45) is 5.01. The molecule has 154 valence electrons. The summed E-state index contributed by atoms with van der Waals surface area (Å²) in [5.74, 6) is 3.40. The van der Waals surface area contributed by atoms with Gasteiger partial charge in [0.05, 0.1) is 6.04 Å². The number of halogens is 1. The monoisotopic (exact) mass is 496 g/mol. The molecule has 0 spiro atoms. The third-order valence-electron chi connectivity index (χ3n) is 5.49. The fraction of sp³-hybridized carbons (Fsp3) is 0.571. The highest BCUT2D eigenvalue weighted by atomic mass is 127. The van der Waals surface area contributed by atoms with Crippen LogP contribution in [-0.4, -0.2) is 26.8 Å². The van der Waals surface area contributed by atoms with E-state index in [2.05, 4.69) is 58.9 Å². The maximum absolute atomic E-state index is 4.82. The van der Waals surface area contributed by atoms with E-state index in [9.17, 15) is 0 Å². The third-order valence-corrected chi connectivity index (χ3v) is 5.49. The summed E-state index contributed by atoms with van der Waals surface area (Å²) in [5.41, 5.74) is 1.25. The first-order valence-corrected chi connectivity index (χ1v) is 10.00. The lowest BCUT2D eigenvalue weighted by Gasteiger charge is -2.30. The molecule has 7 heteroatoms. The Balaban J connectivity index is 0.00000280. The summed E-state index contributed by atoms with van der Waals surface area (Å²) in [5, 5.41) is 15.6. The Labute approximate surface area is 185 Å². The van der Waals surface area contributed by atoms with Crippen molar-refractivity contribution in [2.75, 3.05) is 0 Å². The van der Waals surface area contributed by atoms with E-state index in [-0.39, 0.29) is 30.0 Å². The van der Waals surface area contributed by atoms with E-state index < -0.39 is 0 Å². The molecule has 0 radical (unpaired) electrons. The van der Waals surface area contributed by atoms with Gasteiger partial charge in [0.1, 0.15) is 12.4 Å². The van der Waals surface area contributed by atoms with Gasteiger partial charge >= 0.3 is 0 Å². The number of rotatable bonds is 5. The number of hydrogen-bond acceptors (Lipinski definition) is 3. The fourth-order valence-corrected chi connectivity index (χ4v) is 3.66. The minimum absolute atomic E-state index is 0. The van der Waals surface area contributed by atoms with Crippen LogP contribution in [0, 0.1) is 12.8 Å². The summed E-state index contributed by atoms with van der Waals surface area (Å²) in [6, 6.07) is 11.1. The van der Waals surface area contributed by atoms with Gasteiger partial charge in [-0.05, 0) is 38.2 Å². The van der Waals surface area contributed by atoms with Crippen molar-refractivity contribution >= 4 is 29.9 Å². The van der Waals surface area contributed by atoms with Crippen molar-refractivity contribution in [3.05, 3.63) is 47.5 Å². The van der Waals surface area contributed by atoms with Crippen LogP contribution < -0.4 is 10.6 Å². The van der Waals surface area contributed by atoms with E-state index in [1.54, 1.807) is 0 Å². The maximum Gasteiger partial charge on any atom is 0.192 e. The molecule has 1 aliphatic rings. The molecule has 2 N–H and O–H groups in total. The minimum Gasteiger partial charge on any atom is -0.354 e. The van der Waals surface area contributed by atoms with Crippen molar-refractivity contribution in [3.63, 3.8) is 0 Å². The zero-order valence-corrected chi connectivity index (χ0v) is 19.7. The maximum atomic E-state index is 4.82. The molecular weight excluding hydrogens is 463 g/mol. The van der Waals surface area contributed by atoms with Crippen molar-refractivity contribution in [2.45, 2.75) is 65.1 Å². The number of aryl methyl sites for hydroxylation is 1. The van der Waals surface area contributed by atoms with Crippen LogP contribution in [0.2, 0.25) is 0 Å². The number of nitrogens with zero attached hydrogens (tertiary/aromatic N) is 4. The molecule has 1 aliphatic carbocycles. The summed E-state index contributed by atoms with van der Waals surface area (Å²) < 4.78 is 1.99. The van der Waals surface area contributed by atoms with Crippen LogP contribution in [0.5, 0.6) is 0 Å². The zero-order chi connectivity index (χ0) is 19.2. The molecule has 1 aromatic carbocycles. The molecular formula is C21H33IN6. The first kappa shape index (κ1) is 22.6. The number of nitrogens with one attached hydrogen (secondary N) is 2. The fourth-order valence-electron chi connectivity index (χ4n) is 3.66. The zero-order valence-electron chi connectivity index (χ0n) is 17.4. The quantitative estimate of drug-likeness (QED) is 0.372. The van der Waals surface area contributed by atoms with Gasteiger partial charge in [0.15, 0.2) is 11.8 Å². The summed E-state index contributed by atoms with van der Waals surface area (Å²) >= 11 is 0. The van der Waals surface area contributed by atoms with Crippen molar-refractivity contribution in [1.29, 1.82) is 0 Å².